The maximum atomic E-state index is 11.2. The van der Waals surface area contributed by atoms with Crippen LogP contribution in [0.4, 0.5) is 0 Å². The zero-order chi connectivity index (χ0) is 8.60. The minimum Gasteiger partial charge on any atom is -0.350 e. The standard InChI is InChI=1S/C9H13NO2/c11-7-2-1-4-9(6-7)5-3-8(12)10-9/h1-6H2,(H,10,12). The third kappa shape index (κ3) is 1.24. The van der Waals surface area contributed by atoms with Crippen molar-refractivity contribution in [3.63, 3.8) is 0 Å². The number of hydrogen-bond acceptors (Lipinski definition) is 2. The topological polar surface area (TPSA) is 46.2 Å². The minimum atomic E-state index is -0.133. The first-order valence-corrected chi connectivity index (χ1v) is 4.53. The van der Waals surface area contributed by atoms with Crippen LogP contribution in [0.25, 0.3) is 0 Å². The number of ketones is 1. The van der Waals surface area contributed by atoms with Crippen LogP contribution < -0.4 is 5.32 Å². The van der Waals surface area contributed by atoms with Gasteiger partial charge in [-0.1, -0.05) is 0 Å². The summed E-state index contributed by atoms with van der Waals surface area (Å²) in [5, 5.41) is 2.94. The lowest BCUT2D eigenvalue weighted by Gasteiger charge is -2.32. The summed E-state index contributed by atoms with van der Waals surface area (Å²) in [6, 6.07) is 0. The predicted molar refractivity (Wildman–Crippen MR) is 43.6 cm³/mol. The Hall–Kier alpha value is -0.860. The highest BCUT2D eigenvalue weighted by molar-refractivity contribution is 5.85. The summed E-state index contributed by atoms with van der Waals surface area (Å²) in [5.41, 5.74) is -0.133. The first-order chi connectivity index (χ1) is 5.70. The van der Waals surface area contributed by atoms with E-state index in [-0.39, 0.29) is 11.4 Å². The Balaban J connectivity index is 2.10. The molecule has 1 unspecified atom stereocenters. The molecule has 0 radical (unpaired) electrons. The summed E-state index contributed by atoms with van der Waals surface area (Å²) in [6.45, 7) is 0. The predicted octanol–water partition coefficient (Wildman–Crippen LogP) is 0.778. The molecular formula is C9H13NO2. The van der Waals surface area contributed by atoms with E-state index in [1.807, 2.05) is 0 Å². The van der Waals surface area contributed by atoms with Gasteiger partial charge in [0.1, 0.15) is 5.78 Å². The van der Waals surface area contributed by atoms with Gasteiger partial charge >= 0.3 is 0 Å². The second kappa shape index (κ2) is 2.57. The van der Waals surface area contributed by atoms with Gasteiger partial charge in [0.2, 0.25) is 5.91 Å². The number of carbonyl (C=O) groups excluding carboxylic acids is 2. The molecule has 1 N–H and O–H groups in total. The van der Waals surface area contributed by atoms with Crippen molar-refractivity contribution in [1.29, 1.82) is 0 Å². The van der Waals surface area contributed by atoms with E-state index < -0.39 is 0 Å². The zero-order valence-electron chi connectivity index (χ0n) is 7.06. The Morgan fingerprint density at radius 1 is 1.17 bits per heavy atom. The first-order valence-electron chi connectivity index (χ1n) is 4.53. The molecule has 3 heteroatoms. The largest absolute Gasteiger partial charge is 0.350 e. The van der Waals surface area contributed by atoms with E-state index in [9.17, 15) is 9.59 Å². The summed E-state index contributed by atoms with van der Waals surface area (Å²) >= 11 is 0. The van der Waals surface area contributed by atoms with Gasteiger partial charge in [-0.2, -0.15) is 0 Å². The van der Waals surface area contributed by atoms with Crippen molar-refractivity contribution in [3.05, 3.63) is 0 Å². The molecule has 1 saturated carbocycles. The summed E-state index contributed by atoms with van der Waals surface area (Å²) < 4.78 is 0. The third-order valence-corrected chi connectivity index (χ3v) is 2.88. The van der Waals surface area contributed by atoms with Crippen LogP contribution in [0.1, 0.15) is 38.5 Å². The molecule has 1 aliphatic carbocycles. The van der Waals surface area contributed by atoms with E-state index >= 15 is 0 Å². The van der Waals surface area contributed by atoms with Crippen molar-refractivity contribution >= 4 is 11.7 Å². The molecule has 3 nitrogen and oxygen atoms in total. The normalized spacial score (nSPS) is 35.7. The maximum absolute atomic E-state index is 11.2. The van der Waals surface area contributed by atoms with Gasteiger partial charge in [-0.25, -0.2) is 0 Å². The van der Waals surface area contributed by atoms with Crippen molar-refractivity contribution in [3.8, 4) is 0 Å². The Kier molecular flexibility index (Phi) is 1.67. The molecule has 1 amide bonds. The number of amides is 1. The van der Waals surface area contributed by atoms with Gasteiger partial charge in [0.15, 0.2) is 0 Å². The fourth-order valence-corrected chi connectivity index (χ4v) is 2.27. The molecule has 0 aromatic carbocycles. The molecule has 1 heterocycles. The second-order valence-electron chi connectivity index (χ2n) is 3.90. The molecule has 2 rings (SSSR count). The van der Waals surface area contributed by atoms with E-state index in [4.69, 9.17) is 0 Å². The lowest BCUT2D eigenvalue weighted by atomic mass is 9.80. The van der Waals surface area contributed by atoms with Crippen LogP contribution in [-0.2, 0) is 9.59 Å². The average Bonchev–Trinajstić information content (AvgIpc) is 2.32. The average molecular weight is 167 g/mol. The molecule has 0 aromatic heterocycles. The van der Waals surface area contributed by atoms with Crippen LogP contribution >= 0.6 is 0 Å². The fourth-order valence-electron chi connectivity index (χ4n) is 2.27. The molecule has 0 bridgehead atoms. The number of nitrogens with one attached hydrogen (secondary N) is 1. The summed E-state index contributed by atoms with van der Waals surface area (Å²) in [7, 11) is 0. The van der Waals surface area contributed by atoms with Crippen molar-refractivity contribution in [2.75, 3.05) is 0 Å². The second-order valence-corrected chi connectivity index (χ2v) is 3.90. The van der Waals surface area contributed by atoms with E-state index in [0.717, 1.165) is 19.3 Å². The molecule has 1 saturated heterocycles. The molecule has 1 aliphatic heterocycles. The minimum absolute atomic E-state index is 0.115. The Morgan fingerprint density at radius 2 is 2.00 bits per heavy atom. The Bertz CT molecular complexity index is 237. The quantitative estimate of drug-likeness (QED) is 0.579. The van der Waals surface area contributed by atoms with Crippen molar-refractivity contribution in [2.24, 2.45) is 0 Å². The zero-order valence-corrected chi connectivity index (χ0v) is 7.06. The van der Waals surface area contributed by atoms with Gasteiger partial charge < -0.3 is 5.32 Å². The van der Waals surface area contributed by atoms with Crippen LogP contribution in [0.15, 0.2) is 0 Å². The van der Waals surface area contributed by atoms with Crippen molar-refractivity contribution in [2.45, 2.75) is 44.1 Å². The molecule has 2 fully saturated rings. The maximum Gasteiger partial charge on any atom is 0.220 e. The highest BCUT2D eigenvalue weighted by atomic mass is 16.2. The van der Waals surface area contributed by atoms with E-state index in [0.29, 0.717) is 25.0 Å². The molecule has 12 heavy (non-hydrogen) atoms. The van der Waals surface area contributed by atoms with Gasteiger partial charge in [0, 0.05) is 24.8 Å². The van der Waals surface area contributed by atoms with Gasteiger partial charge in [0.05, 0.1) is 0 Å². The van der Waals surface area contributed by atoms with Crippen LogP contribution in [0.5, 0.6) is 0 Å². The fraction of sp³-hybridized carbons (Fsp3) is 0.778. The molecule has 1 spiro atoms. The molecule has 66 valence electrons. The van der Waals surface area contributed by atoms with Crippen molar-refractivity contribution < 1.29 is 9.59 Å². The molecule has 2 aliphatic rings. The van der Waals surface area contributed by atoms with Gasteiger partial charge in [-0.05, 0) is 19.3 Å². The Morgan fingerprint density at radius 3 is 2.58 bits per heavy atom. The molecule has 0 aromatic rings. The number of hydrogen-bond donors (Lipinski definition) is 1. The van der Waals surface area contributed by atoms with Crippen LogP contribution in [0, 0.1) is 0 Å². The highest BCUT2D eigenvalue weighted by Crippen LogP contribution is 2.33. The highest BCUT2D eigenvalue weighted by Gasteiger charge is 2.40. The van der Waals surface area contributed by atoms with Gasteiger partial charge in [0.25, 0.3) is 0 Å². The van der Waals surface area contributed by atoms with Crippen LogP contribution in [-0.4, -0.2) is 17.2 Å². The van der Waals surface area contributed by atoms with Gasteiger partial charge in [-0.3, -0.25) is 9.59 Å². The van der Waals surface area contributed by atoms with E-state index in [1.54, 1.807) is 0 Å². The molecule has 1 atom stereocenters. The smallest absolute Gasteiger partial charge is 0.220 e. The van der Waals surface area contributed by atoms with Gasteiger partial charge in [-0.15, -0.1) is 0 Å². The monoisotopic (exact) mass is 167 g/mol. The lowest BCUT2D eigenvalue weighted by Crippen LogP contribution is -2.45. The molecular weight excluding hydrogens is 154 g/mol. The van der Waals surface area contributed by atoms with Crippen LogP contribution in [0.3, 0.4) is 0 Å². The summed E-state index contributed by atoms with van der Waals surface area (Å²) in [6.07, 6.45) is 4.67. The summed E-state index contributed by atoms with van der Waals surface area (Å²) in [5.74, 6) is 0.424. The van der Waals surface area contributed by atoms with E-state index in [2.05, 4.69) is 5.32 Å². The SMILES string of the molecule is O=C1CCCC2(CCC(=O)N2)C1. The number of carbonyl (C=O) groups is 2. The number of Topliss-reactive ketones (excluding diaryl/α,β-unsaturated/α-hetero) is 1. The van der Waals surface area contributed by atoms with Crippen molar-refractivity contribution in [1.82, 2.24) is 5.32 Å². The summed E-state index contributed by atoms with van der Waals surface area (Å²) in [4.78, 5) is 22.2. The first kappa shape index (κ1) is 7.77. The number of rotatable bonds is 0. The lowest BCUT2D eigenvalue weighted by molar-refractivity contribution is -0.123. The third-order valence-electron chi connectivity index (χ3n) is 2.88. The van der Waals surface area contributed by atoms with E-state index in [1.165, 1.54) is 0 Å². The van der Waals surface area contributed by atoms with Crippen LogP contribution in [0.2, 0.25) is 0 Å². The Labute approximate surface area is 71.5 Å².